The van der Waals surface area contributed by atoms with Gasteiger partial charge in [-0.1, -0.05) is 55.8 Å². The summed E-state index contributed by atoms with van der Waals surface area (Å²) < 4.78 is 22.3. The molecule has 190 valence electrons. The van der Waals surface area contributed by atoms with E-state index in [1.807, 2.05) is 36.0 Å². The lowest BCUT2D eigenvalue weighted by Gasteiger charge is -2.41. The highest BCUT2D eigenvalue weighted by Gasteiger charge is 2.42. The molecule has 0 unspecified atom stereocenters. The van der Waals surface area contributed by atoms with Gasteiger partial charge in [0.05, 0.1) is 19.8 Å². The number of unbranched alkanes of at least 4 members (excludes halogenated alkanes) is 1. The molecule has 36 heavy (non-hydrogen) atoms. The molecule has 0 amide bonds. The van der Waals surface area contributed by atoms with Crippen molar-refractivity contribution in [2.24, 2.45) is 0 Å². The van der Waals surface area contributed by atoms with Crippen LogP contribution in [0.1, 0.15) is 37.8 Å². The van der Waals surface area contributed by atoms with Crippen LogP contribution in [0.4, 0.5) is 0 Å². The van der Waals surface area contributed by atoms with Crippen LogP contribution in [-0.2, 0) is 31.2 Å². The SMILES string of the molecule is CCCCSc1ccc(-c2cccc(COc3ccc(C4(OCC(=O)OCC)COC4)cc3)c2)cc1. The maximum absolute atomic E-state index is 11.7. The summed E-state index contributed by atoms with van der Waals surface area (Å²) in [5.41, 5.74) is 3.85. The predicted molar refractivity (Wildman–Crippen MR) is 143 cm³/mol. The Bertz CT molecular complexity index is 1110. The Balaban J connectivity index is 1.33. The van der Waals surface area contributed by atoms with Crippen LogP contribution in [0.25, 0.3) is 11.1 Å². The molecule has 3 aromatic carbocycles. The lowest BCUT2D eigenvalue weighted by atomic mass is 9.91. The van der Waals surface area contributed by atoms with Crippen LogP contribution in [0.5, 0.6) is 5.75 Å². The second kappa shape index (κ2) is 12.9. The molecule has 3 aromatic rings. The van der Waals surface area contributed by atoms with Crippen molar-refractivity contribution in [2.45, 2.75) is 43.8 Å². The van der Waals surface area contributed by atoms with Crippen molar-refractivity contribution in [1.82, 2.24) is 0 Å². The van der Waals surface area contributed by atoms with E-state index in [1.54, 1.807) is 6.92 Å². The highest BCUT2D eigenvalue weighted by Crippen LogP contribution is 2.35. The number of rotatable bonds is 13. The minimum absolute atomic E-state index is 0.0911. The van der Waals surface area contributed by atoms with Crippen LogP contribution in [0, 0.1) is 0 Å². The van der Waals surface area contributed by atoms with Gasteiger partial charge in [0.2, 0.25) is 0 Å². The molecule has 0 aromatic heterocycles. The average molecular weight is 507 g/mol. The van der Waals surface area contributed by atoms with Crippen molar-refractivity contribution in [3.63, 3.8) is 0 Å². The normalized spacial score (nSPS) is 14.2. The molecule has 0 saturated carbocycles. The molecule has 1 heterocycles. The number of thioether (sulfide) groups is 1. The number of esters is 1. The molecule has 6 heteroatoms. The Morgan fingerprint density at radius 2 is 1.75 bits per heavy atom. The molecule has 4 rings (SSSR count). The maximum atomic E-state index is 11.7. The second-order valence-electron chi connectivity index (χ2n) is 8.82. The summed E-state index contributed by atoms with van der Waals surface area (Å²) in [5.74, 6) is 1.57. The van der Waals surface area contributed by atoms with E-state index in [4.69, 9.17) is 18.9 Å². The zero-order valence-corrected chi connectivity index (χ0v) is 21.9. The highest BCUT2D eigenvalue weighted by atomic mass is 32.2. The fourth-order valence-electron chi connectivity index (χ4n) is 3.96. The molecule has 0 radical (unpaired) electrons. The predicted octanol–water partition coefficient (Wildman–Crippen LogP) is 6.63. The first kappa shape index (κ1) is 26.3. The molecule has 1 aliphatic rings. The summed E-state index contributed by atoms with van der Waals surface area (Å²) in [7, 11) is 0. The molecule has 1 fully saturated rings. The molecule has 0 N–H and O–H groups in total. The molecule has 5 nitrogen and oxygen atoms in total. The number of carbonyl (C=O) groups is 1. The van der Waals surface area contributed by atoms with E-state index in [2.05, 4.69) is 55.5 Å². The third-order valence-corrected chi connectivity index (χ3v) is 7.21. The number of ether oxygens (including phenoxy) is 4. The van der Waals surface area contributed by atoms with Crippen LogP contribution < -0.4 is 4.74 Å². The number of carbonyl (C=O) groups excluding carboxylic acids is 1. The minimum Gasteiger partial charge on any atom is -0.489 e. The van der Waals surface area contributed by atoms with Gasteiger partial charge in [0, 0.05) is 4.90 Å². The first-order valence-corrected chi connectivity index (χ1v) is 13.5. The van der Waals surface area contributed by atoms with E-state index >= 15 is 0 Å². The van der Waals surface area contributed by atoms with E-state index in [1.165, 1.54) is 34.6 Å². The number of hydrogen-bond donors (Lipinski definition) is 0. The fourth-order valence-corrected chi connectivity index (χ4v) is 4.96. The van der Waals surface area contributed by atoms with Gasteiger partial charge in [-0.05, 0) is 71.7 Å². The van der Waals surface area contributed by atoms with Gasteiger partial charge < -0.3 is 18.9 Å². The third kappa shape index (κ3) is 6.90. The van der Waals surface area contributed by atoms with Gasteiger partial charge in [-0.3, -0.25) is 0 Å². The first-order chi connectivity index (χ1) is 17.6. The average Bonchev–Trinajstić information content (AvgIpc) is 2.88. The van der Waals surface area contributed by atoms with E-state index in [0.717, 1.165) is 16.9 Å². The largest absolute Gasteiger partial charge is 0.489 e. The van der Waals surface area contributed by atoms with Gasteiger partial charge in [-0.15, -0.1) is 11.8 Å². The first-order valence-electron chi connectivity index (χ1n) is 12.5. The van der Waals surface area contributed by atoms with Crippen LogP contribution in [-0.4, -0.2) is 38.1 Å². The summed E-state index contributed by atoms with van der Waals surface area (Å²) in [6, 6.07) is 25.1. The zero-order chi connectivity index (χ0) is 25.2. The van der Waals surface area contributed by atoms with Gasteiger partial charge in [-0.25, -0.2) is 4.79 Å². The molecule has 1 aliphatic heterocycles. The summed E-state index contributed by atoms with van der Waals surface area (Å²) in [5, 5.41) is 0. The quantitative estimate of drug-likeness (QED) is 0.147. The van der Waals surface area contributed by atoms with Gasteiger partial charge in [-0.2, -0.15) is 0 Å². The minimum atomic E-state index is -0.607. The molecule has 0 spiro atoms. The van der Waals surface area contributed by atoms with Crippen LogP contribution >= 0.6 is 11.8 Å². The Labute approximate surface area is 218 Å². The number of hydrogen-bond acceptors (Lipinski definition) is 6. The van der Waals surface area contributed by atoms with Gasteiger partial charge in [0.1, 0.15) is 24.6 Å². The van der Waals surface area contributed by atoms with Gasteiger partial charge >= 0.3 is 5.97 Å². The van der Waals surface area contributed by atoms with Crippen molar-refractivity contribution in [3.05, 3.63) is 83.9 Å². The standard InChI is InChI=1S/C30H34O5S/c1-3-5-17-36-28-15-9-24(10-16-28)25-8-6-7-23(18-25)19-34-27-13-11-26(12-14-27)30(21-32-22-30)35-20-29(31)33-4-2/h6-16,18H,3-5,17,19-22H2,1-2H3. The van der Waals surface area contributed by atoms with Crippen LogP contribution in [0.15, 0.2) is 77.7 Å². The van der Waals surface area contributed by atoms with Crippen LogP contribution in [0.3, 0.4) is 0 Å². The van der Waals surface area contributed by atoms with Crippen molar-refractivity contribution in [2.75, 3.05) is 32.2 Å². The summed E-state index contributed by atoms with van der Waals surface area (Å²) in [6.07, 6.45) is 2.47. The summed E-state index contributed by atoms with van der Waals surface area (Å²) in [6.45, 7) is 5.56. The van der Waals surface area contributed by atoms with E-state index < -0.39 is 5.60 Å². The molecule has 0 bridgehead atoms. The Hall–Kier alpha value is -2.80. The Morgan fingerprint density at radius 3 is 2.42 bits per heavy atom. The lowest BCUT2D eigenvalue weighted by Crippen LogP contribution is -2.49. The van der Waals surface area contributed by atoms with Gasteiger partial charge in [0.15, 0.2) is 0 Å². The molecule has 0 aliphatic carbocycles. The van der Waals surface area contributed by atoms with Crippen molar-refractivity contribution in [3.8, 4) is 16.9 Å². The van der Waals surface area contributed by atoms with Crippen molar-refractivity contribution >= 4 is 17.7 Å². The van der Waals surface area contributed by atoms with E-state index in [-0.39, 0.29) is 12.6 Å². The third-order valence-electron chi connectivity index (χ3n) is 6.11. The fraction of sp³-hybridized carbons (Fsp3) is 0.367. The zero-order valence-electron chi connectivity index (χ0n) is 21.0. The monoisotopic (exact) mass is 506 g/mol. The van der Waals surface area contributed by atoms with Gasteiger partial charge in [0.25, 0.3) is 0 Å². The van der Waals surface area contributed by atoms with E-state index in [9.17, 15) is 4.79 Å². The maximum Gasteiger partial charge on any atom is 0.332 e. The molecule has 1 saturated heterocycles. The smallest absolute Gasteiger partial charge is 0.332 e. The Kier molecular flexibility index (Phi) is 9.45. The van der Waals surface area contributed by atoms with E-state index in [0.29, 0.717) is 26.4 Å². The lowest BCUT2D eigenvalue weighted by molar-refractivity contribution is -0.221. The summed E-state index contributed by atoms with van der Waals surface area (Å²) >= 11 is 1.92. The molecule has 0 atom stereocenters. The van der Waals surface area contributed by atoms with Crippen molar-refractivity contribution < 1.29 is 23.7 Å². The Morgan fingerprint density at radius 1 is 0.972 bits per heavy atom. The second-order valence-corrected chi connectivity index (χ2v) is 9.99. The topological polar surface area (TPSA) is 54.0 Å². The summed E-state index contributed by atoms with van der Waals surface area (Å²) in [4.78, 5) is 13.0. The molecular weight excluding hydrogens is 472 g/mol. The van der Waals surface area contributed by atoms with Crippen LogP contribution in [0.2, 0.25) is 0 Å². The highest BCUT2D eigenvalue weighted by molar-refractivity contribution is 7.99. The molecular formula is C30H34O5S. The van der Waals surface area contributed by atoms with Crippen molar-refractivity contribution in [1.29, 1.82) is 0 Å². The number of benzene rings is 3.